The first kappa shape index (κ1) is 17.9. The Morgan fingerprint density at radius 2 is 2.00 bits per heavy atom. The third-order valence-electron chi connectivity index (χ3n) is 4.42. The smallest absolute Gasteiger partial charge is 0.238 e. The molecule has 1 saturated heterocycles. The molecular weight excluding hydrogens is 336 g/mol. The summed E-state index contributed by atoms with van der Waals surface area (Å²) in [4.78, 5) is 14.5. The first-order valence-electron chi connectivity index (χ1n) is 8.48. The Hall–Kier alpha value is -1.88. The van der Waals surface area contributed by atoms with Crippen molar-refractivity contribution in [2.24, 2.45) is 0 Å². The molecule has 1 N–H and O–H groups in total. The molecule has 0 aliphatic carbocycles. The highest BCUT2D eigenvalue weighted by Gasteiger charge is 2.23. The van der Waals surface area contributed by atoms with Gasteiger partial charge in [0.05, 0.1) is 19.3 Å². The average Bonchev–Trinajstić information content (AvgIpc) is 2.58. The van der Waals surface area contributed by atoms with E-state index in [1.165, 1.54) is 5.56 Å². The Kier molecular flexibility index (Phi) is 5.74. The summed E-state index contributed by atoms with van der Waals surface area (Å²) in [5.74, 6) is 0.00343. The van der Waals surface area contributed by atoms with Gasteiger partial charge in [0.25, 0.3) is 0 Å². The van der Waals surface area contributed by atoms with E-state index >= 15 is 0 Å². The summed E-state index contributed by atoms with van der Waals surface area (Å²) in [6, 6.07) is 13.7. The van der Waals surface area contributed by atoms with Crippen molar-refractivity contribution >= 4 is 23.2 Å². The van der Waals surface area contributed by atoms with Crippen LogP contribution in [0, 0.1) is 13.8 Å². The summed E-state index contributed by atoms with van der Waals surface area (Å²) >= 11 is 5.94. The molecule has 1 heterocycles. The highest BCUT2D eigenvalue weighted by atomic mass is 35.5. The van der Waals surface area contributed by atoms with Crippen LogP contribution in [-0.4, -0.2) is 37.0 Å². The van der Waals surface area contributed by atoms with E-state index in [1.54, 1.807) is 0 Å². The van der Waals surface area contributed by atoms with Gasteiger partial charge in [0.15, 0.2) is 0 Å². The lowest BCUT2D eigenvalue weighted by Gasteiger charge is -2.32. The molecule has 0 bridgehead atoms. The molecule has 2 aromatic carbocycles. The molecule has 2 aromatic rings. The maximum absolute atomic E-state index is 12.4. The fourth-order valence-corrected chi connectivity index (χ4v) is 3.20. The molecule has 132 valence electrons. The van der Waals surface area contributed by atoms with E-state index in [0.717, 1.165) is 23.4 Å². The van der Waals surface area contributed by atoms with Crippen LogP contribution in [0.3, 0.4) is 0 Å². The highest BCUT2D eigenvalue weighted by molar-refractivity contribution is 6.30. The molecule has 1 amide bonds. The SMILES string of the molecule is Cc1ccc(NC(=O)CN2CCOC(c3ccc(Cl)cc3)C2)c(C)c1. The first-order chi connectivity index (χ1) is 12.0. The van der Waals surface area contributed by atoms with Crippen LogP contribution in [0.15, 0.2) is 42.5 Å². The third kappa shape index (κ3) is 4.82. The molecule has 1 fully saturated rings. The van der Waals surface area contributed by atoms with Gasteiger partial charge in [0.2, 0.25) is 5.91 Å². The van der Waals surface area contributed by atoms with Crippen molar-refractivity contribution in [3.8, 4) is 0 Å². The molecule has 0 saturated carbocycles. The van der Waals surface area contributed by atoms with Gasteiger partial charge in [0, 0.05) is 23.8 Å². The molecule has 25 heavy (non-hydrogen) atoms. The molecule has 0 aromatic heterocycles. The fourth-order valence-electron chi connectivity index (χ4n) is 3.07. The van der Waals surface area contributed by atoms with Crippen molar-refractivity contribution in [3.63, 3.8) is 0 Å². The van der Waals surface area contributed by atoms with Crippen LogP contribution in [0.25, 0.3) is 0 Å². The van der Waals surface area contributed by atoms with Gasteiger partial charge in [-0.2, -0.15) is 0 Å². The second-order valence-electron chi connectivity index (χ2n) is 6.51. The number of carbonyl (C=O) groups is 1. The van der Waals surface area contributed by atoms with E-state index in [0.29, 0.717) is 24.7 Å². The van der Waals surface area contributed by atoms with E-state index in [1.807, 2.05) is 50.2 Å². The van der Waals surface area contributed by atoms with Crippen LogP contribution >= 0.6 is 11.6 Å². The average molecular weight is 359 g/mol. The molecule has 1 aliphatic rings. The molecular formula is C20H23ClN2O2. The number of morpholine rings is 1. The molecule has 5 heteroatoms. The van der Waals surface area contributed by atoms with Gasteiger partial charge in [-0.3, -0.25) is 9.69 Å². The number of amides is 1. The lowest BCUT2D eigenvalue weighted by atomic mass is 10.1. The van der Waals surface area contributed by atoms with Crippen molar-refractivity contribution in [1.29, 1.82) is 0 Å². The highest BCUT2D eigenvalue weighted by Crippen LogP contribution is 2.24. The van der Waals surface area contributed by atoms with Gasteiger partial charge >= 0.3 is 0 Å². The number of ether oxygens (including phenoxy) is 1. The van der Waals surface area contributed by atoms with Crippen LogP contribution in [-0.2, 0) is 9.53 Å². The van der Waals surface area contributed by atoms with Crippen molar-refractivity contribution in [1.82, 2.24) is 4.90 Å². The van der Waals surface area contributed by atoms with Gasteiger partial charge in [-0.1, -0.05) is 41.4 Å². The second kappa shape index (κ2) is 8.00. The van der Waals surface area contributed by atoms with Crippen LogP contribution in [0.4, 0.5) is 5.69 Å². The predicted octanol–water partition coefficient (Wildman–Crippen LogP) is 3.97. The quantitative estimate of drug-likeness (QED) is 0.899. The molecule has 3 rings (SSSR count). The van der Waals surface area contributed by atoms with E-state index in [2.05, 4.69) is 16.3 Å². The van der Waals surface area contributed by atoms with E-state index < -0.39 is 0 Å². The van der Waals surface area contributed by atoms with Crippen molar-refractivity contribution in [2.45, 2.75) is 20.0 Å². The van der Waals surface area contributed by atoms with Gasteiger partial charge in [0.1, 0.15) is 0 Å². The Bertz CT molecular complexity index is 746. The molecule has 4 nitrogen and oxygen atoms in total. The lowest BCUT2D eigenvalue weighted by Crippen LogP contribution is -2.42. The number of carbonyl (C=O) groups excluding carboxylic acids is 1. The van der Waals surface area contributed by atoms with E-state index in [-0.39, 0.29) is 12.0 Å². The monoisotopic (exact) mass is 358 g/mol. The second-order valence-corrected chi connectivity index (χ2v) is 6.95. The summed E-state index contributed by atoms with van der Waals surface area (Å²) in [6.45, 7) is 6.48. The van der Waals surface area contributed by atoms with Crippen molar-refractivity contribution in [3.05, 3.63) is 64.2 Å². The molecule has 0 radical (unpaired) electrons. The summed E-state index contributed by atoms with van der Waals surface area (Å²) in [5.41, 5.74) is 4.23. The Morgan fingerprint density at radius 3 is 2.72 bits per heavy atom. The Labute approximate surface area is 153 Å². The number of rotatable bonds is 4. The molecule has 0 spiro atoms. The number of hydrogen-bond donors (Lipinski definition) is 1. The fraction of sp³-hybridized carbons (Fsp3) is 0.350. The summed E-state index contributed by atoms with van der Waals surface area (Å²) in [5, 5.41) is 3.72. The van der Waals surface area contributed by atoms with Crippen LogP contribution in [0.2, 0.25) is 5.02 Å². The molecule has 1 atom stereocenters. The number of benzene rings is 2. The minimum absolute atomic E-state index is 0.00343. The van der Waals surface area contributed by atoms with Crippen LogP contribution in [0.1, 0.15) is 22.8 Å². The standard InChI is InChI=1S/C20H23ClN2O2/c1-14-3-8-18(15(2)11-14)22-20(24)13-23-9-10-25-19(12-23)16-4-6-17(21)7-5-16/h3-8,11,19H,9-10,12-13H2,1-2H3,(H,22,24). The molecule has 1 aliphatic heterocycles. The Balaban J connectivity index is 1.58. The summed E-state index contributed by atoms with van der Waals surface area (Å²) in [7, 11) is 0. The largest absolute Gasteiger partial charge is 0.371 e. The number of hydrogen-bond acceptors (Lipinski definition) is 3. The zero-order chi connectivity index (χ0) is 17.8. The van der Waals surface area contributed by atoms with Crippen LogP contribution in [0.5, 0.6) is 0 Å². The zero-order valence-electron chi connectivity index (χ0n) is 14.6. The van der Waals surface area contributed by atoms with Crippen molar-refractivity contribution < 1.29 is 9.53 Å². The summed E-state index contributed by atoms with van der Waals surface area (Å²) in [6.07, 6.45) is -0.0278. The zero-order valence-corrected chi connectivity index (χ0v) is 15.3. The van der Waals surface area contributed by atoms with Gasteiger partial charge in [-0.05, 0) is 43.2 Å². The number of aryl methyl sites for hydroxylation is 2. The minimum Gasteiger partial charge on any atom is -0.371 e. The van der Waals surface area contributed by atoms with E-state index in [4.69, 9.17) is 16.3 Å². The lowest BCUT2D eigenvalue weighted by molar-refractivity contribution is -0.119. The normalized spacial score (nSPS) is 18.1. The third-order valence-corrected chi connectivity index (χ3v) is 4.67. The number of nitrogens with one attached hydrogen (secondary N) is 1. The first-order valence-corrected chi connectivity index (χ1v) is 8.85. The van der Waals surface area contributed by atoms with E-state index in [9.17, 15) is 4.79 Å². The molecule has 1 unspecified atom stereocenters. The maximum atomic E-state index is 12.4. The Morgan fingerprint density at radius 1 is 1.24 bits per heavy atom. The topological polar surface area (TPSA) is 41.6 Å². The van der Waals surface area contributed by atoms with Gasteiger partial charge < -0.3 is 10.1 Å². The minimum atomic E-state index is -0.0278. The number of nitrogens with zero attached hydrogens (tertiary/aromatic N) is 1. The number of halogens is 1. The van der Waals surface area contributed by atoms with Crippen molar-refractivity contribution in [2.75, 3.05) is 31.6 Å². The maximum Gasteiger partial charge on any atom is 0.238 e. The van der Waals surface area contributed by atoms with Gasteiger partial charge in [-0.25, -0.2) is 0 Å². The predicted molar refractivity (Wildman–Crippen MR) is 101 cm³/mol. The number of anilines is 1. The van der Waals surface area contributed by atoms with Gasteiger partial charge in [-0.15, -0.1) is 0 Å². The van der Waals surface area contributed by atoms with Crippen LogP contribution < -0.4 is 5.32 Å². The summed E-state index contributed by atoms with van der Waals surface area (Å²) < 4.78 is 5.85.